The van der Waals surface area contributed by atoms with Crippen LogP contribution in [0.2, 0.25) is 0 Å². The molecule has 1 saturated heterocycles. The molecule has 1 heterocycles. The fourth-order valence-electron chi connectivity index (χ4n) is 18.8. The second-order valence-electron chi connectivity index (χ2n) is 22.9. The lowest BCUT2D eigenvalue weighted by Gasteiger charge is -2.64. The number of carbonyl (C=O) groups excluding carboxylic acids is 2. The zero-order valence-electron chi connectivity index (χ0n) is 34.7. The van der Waals surface area contributed by atoms with Crippen LogP contribution in [0.15, 0.2) is 11.6 Å². The fraction of sp³-hybridized carbons (Fsp3) is 0.915. The Morgan fingerprint density at radius 1 is 0.737 bits per heavy atom. The number of allylic oxidation sites excluding steroid dienone is 1. The van der Waals surface area contributed by atoms with Gasteiger partial charge in [-0.3, -0.25) is 9.59 Å². The van der Waals surface area contributed by atoms with Gasteiger partial charge in [0.15, 0.2) is 5.78 Å². The molecule has 0 radical (unpaired) electrons. The molecule has 0 aromatic carbocycles. The summed E-state index contributed by atoms with van der Waals surface area (Å²) in [6.45, 7) is 9.79. The van der Waals surface area contributed by atoms with E-state index >= 15 is 0 Å². The number of hydrogen-bond donors (Lipinski definition) is 4. The lowest BCUT2D eigenvalue weighted by molar-refractivity contribution is -0.233. The van der Waals surface area contributed by atoms with Gasteiger partial charge < -0.3 is 25.2 Å². The van der Waals surface area contributed by atoms with Gasteiger partial charge in [0.25, 0.3) is 0 Å². The topological polar surface area (TPSA) is 124 Å². The number of rotatable bonds is 3. The summed E-state index contributed by atoms with van der Waals surface area (Å²) >= 11 is 4.24. The third-order valence-electron chi connectivity index (χ3n) is 21.6. The highest BCUT2D eigenvalue weighted by Gasteiger charge is 2.81. The highest BCUT2D eigenvalue weighted by atomic mass is 128. The van der Waals surface area contributed by atoms with Crippen LogP contribution < -0.4 is 0 Å². The summed E-state index contributed by atoms with van der Waals surface area (Å²) in [5.74, 6) is 8.28. The van der Waals surface area contributed by atoms with Crippen molar-refractivity contribution in [1.29, 1.82) is 0 Å². The number of hydrogen-bond acceptors (Lipinski definition) is 7. The maximum Gasteiger partial charge on any atom is 0.306 e. The third kappa shape index (κ3) is 5.61. The standard InChI is InChI=1S/C24H30O3.C23H38O4.I2.HI/c1-22-6-3-12(25)9-17(22)13-10-14(13)20-16(22)4-7-23(2)21(20)15-11-18(15)24(23)8-5-19(26)27-24;1-20-9-5-17-19(16(20)6-10-22(20,26)7-3-11-24)15-12-18(15)23(27)13-14(25)4-8-21(17,23)2;1-2;/h9,13-16,18,20-21H,3-8,10-11H2,1-2H3;14-19,24-27H,3-13H2,1-2H3;;1H/t13-,14+,15-,16?,18+,20?,21?,22-,23+,24+;14-,15-,16?,17?,18+,19?,20-,21+,22-,23+;;/m10../s1. The van der Waals surface area contributed by atoms with Crippen molar-refractivity contribution in [3.05, 3.63) is 11.6 Å². The van der Waals surface area contributed by atoms with Gasteiger partial charge in [0.05, 0.1) is 17.3 Å². The predicted octanol–water partition coefficient (Wildman–Crippen LogP) is 9.56. The van der Waals surface area contributed by atoms with Gasteiger partial charge in [-0.2, -0.15) is 0 Å². The van der Waals surface area contributed by atoms with E-state index in [1.807, 2.05) is 0 Å². The Kier molecular flexibility index (Phi) is 10.8. The molecule has 10 heteroatoms. The molecule has 20 atom stereocenters. The highest BCUT2D eigenvalue weighted by Crippen LogP contribution is 2.82. The molecule has 12 rings (SSSR count). The first-order valence-electron chi connectivity index (χ1n) is 22.9. The number of aliphatic hydroxyl groups excluding tert-OH is 2. The van der Waals surface area contributed by atoms with E-state index in [2.05, 4.69) is 71.0 Å². The molecule has 10 saturated carbocycles. The van der Waals surface area contributed by atoms with Gasteiger partial charge in [-0.05, 0) is 184 Å². The van der Waals surface area contributed by atoms with E-state index < -0.39 is 11.2 Å². The van der Waals surface area contributed by atoms with E-state index in [-0.39, 0.29) is 69.9 Å². The summed E-state index contributed by atoms with van der Waals surface area (Å²) in [7, 11) is 0. The van der Waals surface area contributed by atoms with Crippen molar-refractivity contribution in [2.24, 2.45) is 92.7 Å². The Balaban J connectivity index is 0.000000140. The Labute approximate surface area is 381 Å². The minimum atomic E-state index is -0.684. The minimum Gasteiger partial charge on any atom is -0.458 e. The SMILES string of the molecule is C[C@]12CCC(=O)C=C1[C@@H]1C[C@@H]1C1C2CC[C@@]2(C)C1[C@@H]1C[C@@H]1[C@@]21CCC(=O)O1.C[C@]12CCC3C(C1CC[C@@]2(O)CCCO)[C@H]1C[C@H]1[C@]1(O)C[C@@H](O)CC[C@]31C.I.II. The number of esters is 1. The second-order valence-corrected chi connectivity index (χ2v) is 22.9. The van der Waals surface area contributed by atoms with Crippen LogP contribution in [0.1, 0.15) is 143 Å². The molecule has 7 nitrogen and oxygen atoms in total. The zero-order chi connectivity index (χ0) is 39.6. The molecule has 1 spiro atoms. The van der Waals surface area contributed by atoms with Crippen LogP contribution in [-0.4, -0.2) is 61.7 Å². The first kappa shape index (κ1) is 43.2. The maximum atomic E-state index is 12.2. The van der Waals surface area contributed by atoms with Gasteiger partial charge in [-0.25, -0.2) is 0 Å². The van der Waals surface area contributed by atoms with Gasteiger partial charge in [-0.15, -0.1) is 24.0 Å². The Bertz CT molecular complexity index is 1710. The van der Waals surface area contributed by atoms with E-state index in [1.54, 1.807) is 0 Å². The van der Waals surface area contributed by atoms with Gasteiger partial charge in [0.1, 0.15) is 5.60 Å². The average Bonchev–Trinajstić information content (AvgIpc) is 4.10. The molecule has 320 valence electrons. The van der Waals surface area contributed by atoms with Gasteiger partial charge in [0.2, 0.25) is 0 Å². The largest absolute Gasteiger partial charge is 0.458 e. The predicted molar refractivity (Wildman–Crippen MR) is 246 cm³/mol. The summed E-state index contributed by atoms with van der Waals surface area (Å²) in [4.78, 5) is 24.3. The van der Waals surface area contributed by atoms with E-state index in [0.29, 0.717) is 66.5 Å². The highest BCUT2D eigenvalue weighted by molar-refractivity contribution is 15.0. The molecule has 0 bridgehead atoms. The number of halogens is 3. The van der Waals surface area contributed by atoms with Crippen LogP contribution >= 0.6 is 61.2 Å². The first-order chi connectivity index (χ1) is 26.6. The van der Waals surface area contributed by atoms with Crippen LogP contribution in [0.4, 0.5) is 0 Å². The van der Waals surface area contributed by atoms with Gasteiger partial charge >= 0.3 is 5.97 Å². The fourth-order valence-corrected chi connectivity index (χ4v) is 18.8. The average molecular weight is 1130 g/mol. The van der Waals surface area contributed by atoms with Gasteiger partial charge in [0, 0.05) is 74.4 Å². The Morgan fingerprint density at radius 3 is 2.12 bits per heavy atom. The second kappa shape index (κ2) is 14.2. The van der Waals surface area contributed by atoms with Crippen LogP contribution in [0, 0.1) is 92.7 Å². The molecule has 0 aromatic heterocycles. The Morgan fingerprint density at radius 2 is 1.40 bits per heavy atom. The molecule has 1 aliphatic heterocycles. The number of aliphatic hydroxyl groups is 4. The minimum absolute atomic E-state index is 0. The normalized spacial score (nSPS) is 58.6. The Hall–Kier alpha value is 0.910. The molecule has 0 aromatic rings. The summed E-state index contributed by atoms with van der Waals surface area (Å²) in [6.07, 6.45) is 19.2. The molecule has 6 unspecified atom stereocenters. The van der Waals surface area contributed by atoms with Crippen molar-refractivity contribution >= 4 is 73.0 Å². The number of ketones is 1. The molecular formula is C47H69I3O7. The lowest BCUT2D eigenvalue weighted by Crippen LogP contribution is -2.65. The quantitative estimate of drug-likeness (QED) is 0.164. The van der Waals surface area contributed by atoms with Crippen molar-refractivity contribution in [2.75, 3.05) is 6.61 Å². The lowest BCUT2D eigenvalue weighted by atomic mass is 9.43. The zero-order valence-corrected chi connectivity index (χ0v) is 41.3. The smallest absolute Gasteiger partial charge is 0.306 e. The molecule has 0 amide bonds. The summed E-state index contributed by atoms with van der Waals surface area (Å²) < 4.78 is 6.22. The summed E-state index contributed by atoms with van der Waals surface area (Å²) in [5.41, 5.74) is 0.407. The van der Waals surface area contributed by atoms with Crippen molar-refractivity contribution in [3.8, 4) is 0 Å². The van der Waals surface area contributed by atoms with Crippen molar-refractivity contribution < 1.29 is 34.8 Å². The summed E-state index contributed by atoms with van der Waals surface area (Å²) in [6, 6.07) is 0. The molecular weight excluding hydrogens is 1060 g/mol. The van der Waals surface area contributed by atoms with E-state index in [9.17, 15) is 30.0 Å². The molecule has 11 aliphatic carbocycles. The number of ether oxygens (including phenoxy) is 1. The molecule has 4 N–H and O–H groups in total. The van der Waals surface area contributed by atoms with E-state index in [1.165, 1.54) is 31.3 Å². The summed E-state index contributed by atoms with van der Waals surface area (Å²) in [5, 5.41) is 42.9. The van der Waals surface area contributed by atoms with Crippen LogP contribution in [0.3, 0.4) is 0 Å². The van der Waals surface area contributed by atoms with Crippen molar-refractivity contribution in [3.63, 3.8) is 0 Å². The van der Waals surface area contributed by atoms with Crippen molar-refractivity contribution in [2.45, 2.75) is 166 Å². The maximum absolute atomic E-state index is 12.2. The molecule has 57 heavy (non-hydrogen) atoms. The molecule has 12 aliphatic rings. The number of carbonyl (C=O) groups is 2. The molecule has 11 fully saturated rings. The van der Waals surface area contributed by atoms with E-state index in [0.717, 1.165) is 100 Å². The van der Waals surface area contributed by atoms with Crippen LogP contribution in [0.25, 0.3) is 0 Å². The third-order valence-corrected chi connectivity index (χ3v) is 21.6. The number of fused-ring (bicyclic) bond motifs is 20. The van der Waals surface area contributed by atoms with Crippen molar-refractivity contribution in [1.82, 2.24) is 0 Å². The first-order valence-corrected chi connectivity index (χ1v) is 29.2. The van der Waals surface area contributed by atoms with E-state index in [4.69, 9.17) is 4.74 Å². The van der Waals surface area contributed by atoms with Crippen LogP contribution in [-0.2, 0) is 14.3 Å². The monoisotopic (exact) mass is 1130 g/mol. The van der Waals surface area contributed by atoms with Crippen LogP contribution in [0.5, 0.6) is 0 Å². The van der Waals surface area contributed by atoms with Gasteiger partial charge in [-0.1, -0.05) is 33.3 Å².